The van der Waals surface area contributed by atoms with E-state index in [9.17, 15) is 4.39 Å². The number of rotatable bonds is 5. The summed E-state index contributed by atoms with van der Waals surface area (Å²) in [4.78, 5) is 8.49. The van der Waals surface area contributed by atoms with Crippen LogP contribution in [0.4, 0.5) is 21.7 Å². The first kappa shape index (κ1) is 16.9. The monoisotopic (exact) mass is 383 g/mol. The molecule has 0 unspecified atom stereocenters. The molecule has 2 aromatic heterocycles. The van der Waals surface area contributed by atoms with Gasteiger partial charge < -0.3 is 5.32 Å². The summed E-state index contributed by atoms with van der Waals surface area (Å²) in [6.45, 7) is 0. The average molecular weight is 384 g/mol. The molecule has 4 rings (SSSR count). The second kappa shape index (κ2) is 7.34. The van der Waals surface area contributed by atoms with Crippen LogP contribution in [0.15, 0.2) is 58.3 Å². The maximum Gasteiger partial charge on any atom is 0.245 e. The van der Waals surface area contributed by atoms with E-state index in [1.807, 2.05) is 12.1 Å². The molecule has 0 saturated carbocycles. The fourth-order valence-electron chi connectivity index (χ4n) is 2.25. The molecule has 10 heteroatoms. The van der Waals surface area contributed by atoms with E-state index in [2.05, 4.69) is 40.8 Å². The minimum absolute atomic E-state index is 0.179. The highest BCUT2D eigenvalue weighted by Gasteiger charge is 2.14. The van der Waals surface area contributed by atoms with Gasteiger partial charge in [0.25, 0.3) is 0 Å². The van der Waals surface area contributed by atoms with Crippen LogP contribution in [0.3, 0.4) is 0 Å². The van der Waals surface area contributed by atoms with Gasteiger partial charge in [-0.05, 0) is 40.1 Å². The third-order valence-electron chi connectivity index (χ3n) is 3.47. The van der Waals surface area contributed by atoms with Crippen LogP contribution in [0.2, 0.25) is 5.02 Å². The van der Waals surface area contributed by atoms with E-state index < -0.39 is 5.82 Å². The van der Waals surface area contributed by atoms with Gasteiger partial charge in [-0.1, -0.05) is 35.9 Å². The van der Waals surface area contributed by atoms with Crippen LogP contribution in [-0.2, 0) is 0 Å². The number of benzene rings is 2. The number of halogens is 2. The molecule has 8 nitrogen and oxygen atoms in total. The second-order valence-corrected chi connectivity index (χ2v) is 5.80. The molecule has 2 aromatic carbocycles. The van der Waals surface area contributed by atoms with Gasteiger partial charge in [0, 0.05) is 5.02 Å². The Labute approximate surface area is 157 Å². The minimum Gasteiger partial charge on any atom is -0.335 e. The summed E-state index contributed by atoms with van der Waals surface area (Å²) in [7, 11) is 0. The van der Waals surface area contributed by atoms with E-state index in [0.29, 0.717) is 5.02 Å². The number of fused-ring (bicyclic) bond motifs is 1. The van der Waals surface area contributed by atoms with Crippen molar-refractivity contribution < 1.29 is 9.02 Å². The van der Waals surface area contributed by atoms with Crippen molar-refractivity contribution in [3.8, 4) is 0 Å². The number of hydrazone groups is 1. The van der Waals surface area contributed by atoms with Gasteiger partial charge in [0.1, 0.15) is 5.82 Å². The molecule has 0 aliphatic carbocycles. The van der Waals surface area contributed by atoms with Gasteiger partial charge in [-0.15, -0.1) is 0 Å². The molecule has 0 spiro atoms. The largest absolute Gasteiger partial charge is 0.335 e. The molecule has 0 amide bonds. The van der Waals surface area contributed by atoms with Gasteiger partial charge in [-0.2, -0.15) is 10.1 Å². The summed E-state index contributed by atoms with van der Waals surface area (Å²) in [6.07, 6.45) is 1.56. The third-order valence-corrected chi connectivity index (χ3v) is 3.71. The highest BCUT2D eigenvalue weighted by molar-refractivity contribution is 6.30. The van der Waals surface area contributed by atoms with Crippen molar-refractivity contribution in [2.75, 3.05) is 10.7 Å². The molecule has 2 N–H and O–H groups in total. The van der Waals surface area contributed by atoms with Crippen LogP contribution in [-0.4, -0.2) is 26.5 Å². The van der Waals surface area contributed by atoms with Gasteiger partial charge in [0.05, 0.1) is 11.9 Å². The highest BCUT2D eigenvalue weighted by atomic mass is 35.5. The highest BCUT2D eigenvalue weighted by Crippen LogP contribution is 2.25. The molecule has 0 saturated heterocycles. The fourth-order valence-corrected chi connectivity index (χ4v) is 2.45. The Kier molecular flexibility index (Phi) is 4.58. The van der Waals surface area contributed by atoms with E-state index in [0.717, 1.165) is 5.56 Å². The predicted molar refractivity (Wildman–Crippen MR) is 99.7 cm³/mol. The van der Waals surface area contributed by atoms with Gasteiger partial charge >= 0.3 is 0 Å². The Hall–Kier alpha value is -3.59. The van der Waals surface area contributed by atoms with Crippen LogP contribution in [0.25, 0.3) is 11.3 Å². The zero-order valence-corrected chi connectivity index (χ0v) is 14.4. The Morgan fingerprint density at radius 3 is 2.56 bits per heavy atom. The molecular weight excluding hydrogens is 373 g/mol. The number of nitrogens with zero attached hydrogens (tertiary/aromatic N) is 5. The zero-order chi connectivity index (χ0) is 18.6. The van der Waals surface area contributed by atoms with Crippen LogP contribution in [0.5, 0.6) is 0 Å². The van der Waals surface area contributed by atoms with Gasteiger partial charge in [0.15, 0.2) is 11.6 Å². The number of anilines is 3. The van der Waals surface area contributed by atoms with Crippen LogP contribution >= 0.6 is 11.6 Å². The van der Waals surface area contributed by atoms with Crippen LogP contribution in [0, 0.1) is 5.82 Å². The Morgan fingerprint density at radius 1 is 1.00 bits per heavy atom. The number of hydrogen-bond donors (Lipinski definition) is 2. The fraction of sp³-hybridized carbons (Fsp3) is 0. The molecule has 0 atom stereocenters. The van der Waals surface area contributed by atoms with Crippen molar-refractivity contribution in [1.82, 2.24) is 20.3 Å². The van der Waals surface area contributed by atoms with E-state index in [-0.39, 0.29) is 28.6 Å². The summed E-state index contributed by atoms with van der Waals surface area (Å²) >= 11 is 5.95. The maximum atomic E-state index is 14.0. The van der Waals surface area contributed by atoms with Crippen LogP contribution < -0.4 is 10.7 Å². The molecular formula is C17H11ClFN7O. The maximum absolute atomic E-state index is 14.0. The number of para-hydroxylation sites is 1. The zero-order valence-electron chi connectivity index (χ0n) is 13.6. The SMILES string of the molecule is Fc1ccccc1Nc1nc2nonc2nc1N/N=C\c1cccc(Cl)c1. The molecule has 0 fully saturated rings. The number of aromatic nitrogens is 4. The molecule has 0 bridgehead atoms. The lowest BCUT2D eigenvalue weighted by Gasteiger charge is -2.09. The second-order valence-electron chi connectivity index (χ2n) is 5.36. The lowest BCUT2D eigenvalue weighted by Crippen LogP contribution is -2.04. The Balaban J connectivity index is 1.65. The molecule has 27 heavy (non-hydrogen) atoms. The normalized spacial score (nSPS) is 11.2. The number of hydrogen-bond acceptors (Lipinski definition) is 8. The first-order chi connectivity index (χ1) is 13.2. The topological polar surface area (TPSA) is 101 Å². The molecule has 0 aliphatic rings. The average Bonchev–Trinajstić information content (AvgIpc) is 3.11. The van der Waals surface area contributed by atoms with Crippen molar-refractivity contribution in [3.05, 3.63) is 64.9 Å². The Bertz CT molecular complexity index is 1130. The molecule has 0 radical (unpaired) electrons. The van der Waals surface area contributed by atoms with Crippen molar-refractivity contribution in [2.24, 2.45) is 5.10 Å². The summed E-state index contributed by atoms with van der Waals surface area (Å²) in [6, 6.07) is 13.3. The van der Waals surface area contributed by atoms with Crippen molar-refractivity contribution >= 4 is 46.4 Å². The van der Waals surface area contributed by atoms with Gasteiger partial charge in [-0.3, -0.25) is 5.43 Å². The smallest absolute Gasteiger partial charge is 0.245 e. The molecule has 2 heterocycles. The summed E-state index contributed by atoms with van der Waals surface area (Å²) in [5.74, 6) is -0.00247. The third kappa shape index (κ3) is 3.82. The van der Waals surface area contributed by atoms with Crippen molar-refractivity contribution in [2.45, 2.75) is 0 Å². The molecule has 134 valence electrons. The molecule has 0 aliphatic heterocycles. The van der Waals surface area contributed by atoms with Crippen molar-refractivity contribution in [1.29, 1.82) is 0 Å². The lowest BCUT2D eigenvalue weighted by molar-refractivity contribution is 0.314. The van der Waals surface area contributed by atoms with Gasteiger partial charge in [0.2, 0.25) is 11.3 Å². The minimum atomic E-state index is -0.439. The van der Waals surface area contributed by atoms with Crippen molar-refractivity contribution in [3.63, 3.8) is 0 Å². The number of nitrogens with one attached hydrogen (secondary N) is 2. The molecule has 4 aromatic rings. The van der Waals surface area contributed by atoms with Crippen LogP contribution in [0.1, 0.15) is 5.56 Å². The van der Waals surface area contributed by atoms with E-state index >= 15 is 0 Å². The Morgan fingerprint density at radius 2 is 1.78 bits per heavy atom. The standard InChI is InChI=1S/C17H11ClFN7O/c18-11-5-3-4-10(8-11)9-20-24-15-14(21-13-7-2-1-6-12(13)19)22-16-17(23-15)26-27-25-16/h1-9H,(H,21,22,25)(H,23,24,26)/b20-9-. The summed E-state index contributed by atoms with van der Waals surface area (Å²) < 4.78 is 18.6. The van der Waals surface area contributed by atoms with E-state index in [4.69, 9.17) is 11.6 Å². The predicted octanol–water partition coefficient (Wildman–Crippen LogP) is 3.99. The van der Waals surface area contributed by atoms with Gasteiger partial charge in [-0.25, -0.2) is 14.0 Å². The van der Waals surface area contributed by atoms with E-state index in [1.54, 1.807) is 36.5 Å². The summed E-state index contributed by atoms with van der Waals surface area (Å²) in [5, 5.41) is 14.9. The first-order valence-electron chi connectivity index (χ1n) is 7.75. The lowest BCUT2D eigenvalue weighted by atomic mass is 10.2. The quantitative estimate of drug-likeness (QED) is 0.397. The summed E-state index contributed by atoms with van der Waals surface area (Å²) in [5.41, 5.74) is 4.14. The first-order valence-corrected chi connectivity index (χ1v) is 8.13. The van der Waals surface area contributed by atoms with E-state index in [1.165, 1.54) is 6.07 Å².